The van der Waals surface area contributed by atoms with Crippen LogP contribution in [0.25, 0.3) is 0 Å². The molecule has 1 fully saturated rings. The standard InChI is InChI=1S/C9H12N2/c1-2-4-9(5-3-1)11-7-6-10-8-11/h1-5,10H,6-8H2. The molecule has 0 saturated carbocycles. The van der Waals surface area contributed by atoms with E-state index in [9.17, 15) is 0 Å². The van der Waals surface area contributed by atoms with Gasteiger partial charge in [0.2, 0.25) is 0 Å². The topological polar surface area (TPSA) is 15.3 Å². The van der Waals surface area contributed by atoms with Gasteiger partial charge in [-0.15, -0.1) is 0 Å². The van der Waals surface area contributed by atoms with Crippen LogP contribution < -0.4 is 10.2 Å². The molecular formula is C9H12N2. The van der Waals surface area contributed by atoms with Crippen LogP contribution in [0.3, 0.4) is 0 Å². The van der Waals surface area contributed by atoms with Crippen molar-refractivity contribution in [2.24, 2.45) is 0 Å². The fourth-order valence-corrected chi connectivity index (χ4v) is 1.37. The molecule has 0 radical (unpaired) electrons. The number of anilines is 1. The predicted octanol–water partition coefficient (Wildman–Crippen LogP) is 1.05. The van der Waals surface area contributed by atoms with Crippen LogP contribution in [0.1, 0.15) is 0 Å². The second kappa shape index (κ2) is 2.93. The van der Waals surface area contributed by atoms with Gasteiger partial charge in [-0.3, -0.25) is 5.32 Å². The van der Waals surface area contributed by atoms with Crippen LogP contribution in [0.15, 0.2) is 30.3 Å². The van der Waals surface area contributed by atoms with Crippen molar-refractivity contribution in [3.63, 3.8) is 0 Å². The van der Waals surface area contributed by atoms with Crippen molar-refractivity contribution in [1.29, 1.82) is 0 Å². The van der Waals surface area contributed by atoms with Crippen molar-refractivity contribution in [2.75, 3.05) is 24.7 Å². The van der Waals surface area contributed by atoms with Gasteiger partial charge in [0.25, 0.3) is 0 Å². The summed E-state index contributed by atoms with van der Waals surface area (Å²) in [6.07, 6.45) is 0. The minimum Gasteiger partial charge on any atom is -0.357 e. The van der Waals surface area contributed by atoms with Crippen LogP contribution in [0.2, 0.25) is 0 Å². The SMILES string of the molecule is c1ccc(N2CCNC2)cc1. The maximum atomic E-state index is 3.30. The molecule has 1 aliphatic heterocycles. The van der Waals surface area contributed by atoms with E-state index in [2.05, 4.69) is 34.5 Å². The summed E-state index contributed by atoms with van der Waals surface area (Å²) in [6.45, 7) is 3.23. The third-order valence-corrected chi connectivity index (χ3v) is 1.98. The highest BCUT2D eigenvalue weighted by Crippen LogP contribution is 2.12. The van der Waals surface area contributed by atoms with E-state index in [1.807, 2.05) is 6.07 Å². The Hall–Kier alpha value is -1.02. The number of nitrogens with zero attached hydrogens (tertiary/aromatic N) is 1. The summed E-state index contributed by atoms with van der Waals surface area (Å²) in [7, 11) is 0. The second-order valence-electron chi connectivity index (χ2n) is 2.76. The van der Waals surface area contributed by atoms with Crippen LogP contribution in [-0.2, 0) is 0 Å². The average Bonchev–Trinajstić information content (AvgIpc) is 2.58. The zero-order valence-electron chi connectivity index (χ0n) is 6.46. The highest BCUT2D eigenvalue weighted by atomic mass is 15.3. The van der Waals surface area contributed by atoms with Gasteiger partial charge in [0.15, 0.2) is 0 Å². The number of hydrogen-bond acceptors (Lipinski definition) is 2. The maximum absolute atomic E-state index is 3.30. The lowest BCUT2D eigenvalue weighted by molar-refractivity contribution is 0.855. The minimum absolute atomic E-state index is 0.990. The monoisotopic (exact) mass is 148 g/mol. The van der Waals surface area contributed by atoms with E-state index < -0.39 is 0 Å². The molecule has 0 amide bonds. The molecule has 2 rings (SSSR count). The normalized spacial score (nSPS) is 17.3. The Kier molecular flexibility index (Phi) is 1.78. The van der Waals surface area contributed by atoms with Crippen molar-refractivity contribution in [1.82, 2.24) is 5.32 Å². The van der Waals surface area contributed by atoms with Gasteiger partial charge in [-0.25, -0.2) is 0 Å². The molecule has 11 heavy (non-hydrogen) atoms. The van der Waals surface area contributed by atoms with E-state index in [1.165, 1.54) is 5.69 Å². The van der Waals surface area contributed by atoms with Gasteiger partial charge in [-0.2, -0.15) is 0 Å². The maximum Gasteiger partial charge on any atom is 0.0683 e. The van der Waals surface area contributed by atoms with Gasteiger partial charge in [-0.05, 0) is 12.1 Å². The van der Waals surface area contributed by atoms with Gasteiger partial charge < -0.3 is 4.90 Å². The molecule has 0 spiro atoms. The molecule has 1 N–H and O–H groups in total. The van der Waals surface area contributed by atoms with Gasteiger partial charge in [0.1, 0.15) is 0 Å². The molecule has 1 aliphatic rings. The predicted molar refractivity (Wildman–Crippen MR) is 46.7 cm³/mol. The van der Waals surface area contributed by atoms with E-state index >= 15 is 0 Å². The molecule has 0 aromatic heterocycles. The Morgan fingerprint density at radius 1 is 1.18 bits per heavy atom. The van der Waals surface area contributed by atoms with Crippen LogP contribution in [0.4, 0.5) is 5.69 Å². The van der Waals surface area contributed by atoms with Gasteiger partial charge in [0, 0.05) is 18.8 Å². The lowest BCUT2D eigenvalue weighted by atomic mass is 10.3. The summed E-state index contributed by atoms with van der Waals surface area (Å²) in [6, 6.07) is 10.5. The number of benzene rings is 1. The highest BCUT2D eigenvalue weighted by molar-refractivity contribution is 5.46. The lowest BCUT2D eigenvalue weighted by Gasteiger charge is -2.15. The van der Waals surface area contributed by atoms with Gasteiger partial charge in [-0.1, -0.05) is 18.2 Å². The molecule has 1 heterocycles. The molecule has 2 heteroatoms. The first kappa shape index (κ1) is 6.68. The van der Waals surface area contributed by atoms with Gasteiger partial charge >= 0.3 is 0 Å². The average molecular weight is 148 g/mol. The zero-order valence-corrected chi connectivity index (χ0v) is 6.46. The van der Waals surface area contributed by atoms with E-state index in [1.54, 1.807) is 0 Å². The summed E-state index contributed by atoms with van der Waals surface area (Å²) in [5, 5.41) is 3.30. The van der Waals surface area contributed by atoms with E-state index in [4.69, 9.17) is 0 Å². The summed E-state index contributed by atoms with van der Waals surface area (Å²) < 4.78 is 0. The highest BCUT2D eigenvalue weighted by Gasteiger charge is 2.09. The van der Waals surface area contributed by atoms with Crippen molar-refractivity contribution in [3.05, 3.63) is 30.3 Å². The van der Waals surface area contributed by atoms with Crippen LogP contribution in [-0.4, -0.2) is 19.8 Å². The Labute approximate surface area is 66.8 Å². The molecule has 1 saturated heterocycles. The van der Waals surface area contributed by atoms with E-state index in [0.29, 0.717) is 0 Å². The first-order chi connectivity index (χ1) is 5.47. The molecule has 58 valence electrons. The number of hydrogen-bond donors (Lipinski definition) is 1. The molecule has 0 bridgehead atoms. The van der Waals surface area contributed by atoms with Crippen molar-refractivity contribution < 1.29 is 0 Å². The minimum atomic E-state index is 0.990. The Morgan fingerprint density at radius 2 is 2.00 bits per heavy atom. The summed E-state index contributed by atoms with van der Waals surface area (Å²) >= 11 is 0. The molecule has 0 aliphatic carbocycles. The molecule has 1 aromatic rings. The second-order valence-corrected chi connectivity index (χ2v) is 2.76. The molecular weight excluding hydrogens is 136 g/mol. The Balaban J connectivity index is 2.16. The molecule has 0 unspecified atom stereocenters. The fourth-order valence-electron chi connectivity index (χ4n) is 1.37. The van der Waals surface area contributed by atoms with Crippen molar-refractivity contribution in [2.45, 2.75) is 0 Å². The molecule has 2 nitrogen and oxygen atoms in total. The van der Waals surface area contributed by atoms with Crippen LogP contribution in [0, 0.1) is 0 Å². The smallest absolute Gasteiger partial charge is 0.0683 e. The Morgan fingerprint density at radius 3 is 2.64 bits per heavy atom. The zero-order chi connectivity index (χ0) is 7.52. The number of para-hydroxylation sites is 1. The first-order valence-electron chi connectivity index (χ1n) is 3.97. The van der Waals surface area contributed by atoms with Gasteiger partial charge in [0.05, 0.1) is 6.67 Å². The summed E-state index contributed by atoms with van der Waals surface area (Å²) in [5.74, 6) is 0. The first-order valence-corrected chi connectivity index (χ1v) is 3.97. The molecule has 0 atom stereocenters. The molecule has 1 aromatic carbocycles. The van der Waals surface area contributed by atoms with Crippen molar-refractivity contribution in [3.8, 4) is 0 Å². The summed E-state index contributed by atoms with van der Waals surface area (Å²) in [5.41, 5.74) is 1.32. The third-order valence-electron chi connectivity index (χ3n) is 1.98. The Bertz CT molecular complexity index is 214. The number of nitrogens with one attached hydrogen (secondary N) is 1. The van der Waals surface area contributed by atoms with Crippen LogP contribution >= 0.6 is 0 Å². The van der Waals surface area contributed by atoms with E-state index in [0.717, 1.165) is 19.8 Å². The lowest BCUT2D eigenvalue weighted by Crippen LogP contribution is -2.20. The van der Waals surface area contributed by atoms with E-state index in [-0.39, 0.29) is 0 Å². The largest absolute Gasteiger partial charge is 0.357 e. The third kappa shape index (κ3) is 1.35. The quantitative estimate of drug-likeness (QED) is 0.640. The summed E-state index contributed by atoms with van der Waals surface area (Å²) in [4.78, 5) is 2.33. The van der Waals surface area contributed by atoms with Crippen LogP contribution in [0.5, 0.6) is 0 Å². The fraction of sp³-hybridized carbons (Fsp3) is 0.333. The number of rotatable bonds is 1. The van der Waals surface area contributed by atoms with Crippen molar-refractivity contribution >= 4 is 5.69 Å².